The predicted molar refractivity (Wildman–Crippen MR) is 101 cm³/mol. The van der Waals surface area contributed by atoms with E-state index in [9.17, 15) is 0 Å². The molecule has 0 aliphatic rings. The fraction of sp³-hybridized carbons (Fsp3) is 0.455. The van der Waals surface area contributed by atoms with Gasteiger partial charge in [-0.05, 0) is 36.2 Å². The molecule has 0 aliphatic carbocycles. The topological polar surface area (TPSA) is 18.5 Å². The first kappa shape index (κ1) is 18.4. The molecular weight excluding hydrogens is 296 g/mol. The fourth-order valence-corrected chi connectivity index (χ4v) is 2.62. The van der Waals surface area contributed by atoms with Gasteiger partial charge >= 0.3 is 0 Å². The van der Waals surface area contributed by atoms with Gasteiger partial charge in [-0.2, -0.15) is 0 Å². The van der Waals surface area contributed by atoms with E-state index in [2.05, 4.69) is 19.1 Å². The molecule has 0 unspecified atom stereocenters. The van der Waals surface area contributed by atoms with Gasteiger partial charge in [0.15, 0.2) is 0 Å². The Balaban J connectivity index is 1.58. The number of rotatable bonds is 12. The Morgan fingerprint density at radius 2 is 1.21 bits per heavy atom. The summed E-state index contributed by atoms with van der Waals surface area (Å²) in [5, 5.41) is 0. The third kappa shape index (κ3) is 7.54. The summed E-state index contributed by atoms with van der Waals surface area (Å²) in [6.45, 7) is 3.66. The zero-order chi connectivity index (χ0) is 16.9. The van der Waals surface area contributed by atoms with Gasteiger partial charge in [0, 0.05) is 0 Å². The number of hydrogen-bond donors (Lipinski definition) is 0. The third-order valence-corrected chi connectivity index (χ3v) is 4.09. The first-order valence-electron chi connectivity index (χ1n) is 9.28. The summed E-state index contributed by atoms with van der Waals surface area (Å²) in [7, 11) is 0. The maximum atomic E-state index is 5.80. The molecule has 0 amide bonds. The summed E-state index contributed by atoms with van der Waals surface area (Å²) in [6, 6.07) is 18.1. The molecule has 0 aromatic heterocycles. The van der Waals surface area contributed by atoms with Gasteiger partial charge in [0.05, 0.1) is 6.61 Å². The van der Waals surface area contributed by atoms with Crippen molar-refractivity contribution >= 4 is 0 Å². The summed E-state index contributed by atoms with van der Waals surface area (Å²) >= 11 is 0. The van der Waals surface area contributed by atoms with Crippen molar-refractivity contribution < 1.29 is 9.47 Å². The van der Waals surface area contributed by atoms with Crippen molar-refractivity contribution in [3.63, 3.8) is 0 Å². The molecule has 2 aromatic carbocycles. The van der Waals surface area contributed by atoms with E-state index < -0.39 is 0 Å². The molecule has 0 spiro atoms. The SMILES string of the molecule is CCCCCCCCCOc1ccc(OCc2ccccc2)cc1. The van der Waals surface area contributed by atoms with E-state index in [1.54, 1.807) is 0 Å². The van der Waals surface area contributed by atoms with Crippen LogP contribution in [0.3, 0.4) is 0 Å². The van der Waals surface area contributed by atoms with Crippen molar-refractivity contribution in [2.75, 3.05) is 6.61 Å². The average molecular weight is 326 g/mol. The average Bonchev–Trinajstić information content (AvgIpc) is 2.64. The zero-order valence-corrected chi connectivity index (χ0v) is 14.9. The molecule has 0 atom stereocenters. The van der Waals surface area contributed by atoms with Crippen molar-refractivity contribution in [1.82, 2.24) is 0 Å². The summed E-state index contributed by atoms with van der Waals surface area (Å²) in [5.41, 5.74) is 1.18. The Hall–Kier alpha value is -1.96. The number of hydrogen-bond acceptors (Lipinski definition) is 2. The van der Waals surface area contributed by atoms with Gasteiger partial charge in [-0.1, -0.05) is 75.8 Å². The lowest BCUT2D eigenvalue weighted by atomic mass is 10.1. The first-order chi connectivity index (χ1) is 11.9. The van der Waals surface area contributed by atoms with E-state index in [1.807, 2.05) is 42.5 Å². The van der Waals surface area contributed by atoms with Gasteiger partial charge in [0.25, 0.3) is 0 Å². The lowest BCUT2D eigenvalue weighted by Gasteiger charge is -2.09. The fourth-order valence-electron chi connectivity index (χ4n) is 2.62. The van der Waals surface area contributed by atoms with Gasteiger partial charge < -0.3 is 9.47 Å². The summed E-state index contributed by atoms with van der Waals surface area (Å²) < 4.78 is 11.6. The highest BCUT2D eigenvalue weighted by Gasteiger charge is 1.98. The third-order valence-electron chi connectivity index (χ3n) is 4.09. The molecule has 0 aliphatic heterocycles. The van der Waals surface area contributed by atoms with Crippen molar-refractivity contribution in [2.45, 2.75) is 58.5 Å². The lowest BCUT2D eigenvalue weighted by molar-refractivity contribution is 0.296. The van der Waals surface area contributed by atoms with Crippen molar-refractivity contribution in [3.8, 4) is 11.5 Å². The highest BCUT2D eigenvalue weighted by molar-refractivity contribution is 5.31. The van der Waals surface area contributed by atoms with Crippen LogP contribution in [0.1, 0.15) is 57.4 Å². The molecule has 0 heterocycles. The normalized spacial score (nSPS) is 10.5. The molecule has 130 valence electrons. The van der Waals surface area contributed by atoms with Gasteiger partial charge in [-0.15, -0.1) is 0 Å². The Morgan fingerprint density at radius 3 is 1.88 bits per heavy atom. The Morgan fingerprint density at radius 1 is 0.625 bits per heavy atom. The summed E-state index contributed by atoms with van der Waals surface area (Å²) in [4.78, 5) is 0. The minimum Gasteiger partial charge on any atom is -0.494 e. The molecule has 2 rings (SSSR count). The minimum absolute atomic E-state index is 0.596. The number of unbranched alkanes of at least 4 members (excludes halogenated alkanes) is 6. The molecule has 0 fully saturated rings. The highest BCUT2D eigenvalue weighted by atomic mass is 16.5. The second-order valence-electron chi connectivity index (χ2n) is 6.22. The van der Waals surface area contributed by atoms with Crippen LogP contribution >= 0.6 is 0 Å². The number of ether oxygens (including phenoxy) is 2. The van der Waals surface area contributed by atoms with Crippen LogP contribution in [0.5, 0.6) is 11.5 Å². The second kappa shape index (κ2) is 11.6. The van der Waals surface area contributed by atoms with Crippen molar-refractivity contribution in [2.24, 2.45) is 0 Å². The number of benzene rings is 2. The molecule has 2 nitrogen and oxygen atoms in total. The maximum absolute atomic E-state index is 5.80. The summed E-state index contributed by atoms with van der Waals surface area (Å²) in [6.07, 6.45) is 9.16. The van der Waals surface area contributed by atoms with E-state index in [0.29, 0.717) is 6.61 Å². The minimum atomic E-state index is 0.596. The molecule has 24 heavy (non-hydrogen) atoms. The van der Waals surface area contributed by atoms with Gasteiger partial charge in [0.2, 0.25) is 0 Å². The quantitative estimate of drug-likeness (QED) is 0.420. The van der Waals surface area contributed by atoms with Crippen LogP contribution in [0.4, 0.5) is 0 Å². The van der Waals surface area contributed by atoms with E-state index >= 15 is 0 Å². The standard InChI is InChI=1S/C22H30O2/c1-2-3-4-5-6-7-11-18-23-21-14-16-22(17-15-21)24-19-20-12-9-8-10-13-20/h8-10,12-17H,2-7,11,18-19H2,1H3. The van der Waals surface area contributed by atoms with Crippen molar-refractivity contribution in [1.29, 1.82) is 0 Å². The van der Waals surface area contributed by atoms with Crippen LogP contribution in [-0.2, 0) is 6.61 Å². The van der Waals surface area contributed by atoms with Crippen LogP contribution in [0.15, 0.2) is 54.6 Å². The first-order valence-corrected chi connectivity index (χ1v) is 9.28. The van der Waals surface area contributed by atoms with Crippen LogP contribution < -0.4 is 9.47 Å². The van der Waals surface area contributed by atoms with E-state index in [-0.39, 0.29) is 0 Å². The van der Waals surface area contributed by atoms with Gasteiger partial charge in [0.1, 0.15) is 18.1 Å². The van der Waals surface area contributed by atoms with Gasteiger partial charge in [-0.25, -0.2) is 0 Å². The predicted octanol–water partition coefficient (Wildman–Crippen LogP) is 6.40. The lowest BCUT2D eigenvalue weighted by Crippen LogP contribution is -1.98. The molecule has 0 saturated heterocycles. The second-order valence-corrected chi connectivity index (χ2v) is 6.22. The molecule has 0 N–H and O–H groups in total. The van der Waals surface area contributed by atoms with Crippen LogP contribution in [0.25, 0.3) is 0 Å². The molecule has 0 saturated carbocycles. The monoisotopic (exact) mass is 326 g/mol. The Bertz CT molecular complexity index is 534. The Labute approximate surface area is 146 Å². The smallest absolute Gasteiger partial charge is 0.120 e. The van der Waals surface area contributed by atoms with E-state index in [1.165, 1.54) is 44.1 Å². The van der Waals surface area contributed by atoms with Gasteiger partial charge in [-0.3, -0.25) is 0 Å². The molecule has 0 bridgehead atoms. The van der Waals surface area contributed by atoms with E-state index in [0.717, 1.165) is 24.5 Å². The largest absolute Gasteiger partial charge is 0.494 e. The van der Waals surface area contributed by atoms with Crippen LogP contribution in [-0.4, -0.2) is 6.61 Å². The zero-order valence-electron chi connectivity index (χ0n) is 14.9. The van der Waals surface area contributed by atoms with E-state index in [4.69, 9.17) is 9.47 Å². The summed E-state index contributed by atoms with van der Waals surface area (Å²) in [5.74, 6) is 1.80. The molecule has 0 radical (unpaired) electrons. The highest BCUT2D eigenvalue weighted by Crippen LogP contribution is 2.19. The molecule has 2 heteroatoms. The van der Waals surface area contributed by atoms with Crippen molar-refractivity contribution in [3.05, 3.63) is 60.2 Å². The Kier molecular flexibility index (Phi) is 8.85. The van der Waals surface area contributed by atoms with Crippen LogP contribution in [0, 0.1) is 0 Å². The molecule has 2 aromatic rings. The maximum Gasteiger partial charge on any atom is 0.120 e. The van der Waals surface area contributed by atoms with Crippen LogP contribution in [0.2, 0.25) is 0 Å². The molecular formula is C22H30O2.